The molecule has 0 atom stereocenters. The van der Waals surface area contributed by atoms with Crippen LogP contribution in [0.15, 0.2) is 48.5 Å². The van der Waals surface area contributed by atoms with Gasteiger partial charge in [0.2, 0.25) is 0 Å². The first-order valence-electron chi connectivity index (χ1n) is 7.98. The van der Waals surface area contributed by atoms with Gasteiger partial charge in [-0.05, 0) is 48.7 Å². The number of hydrogen-bond donors (Lipinski definition) is 0. The number of hydrogen-bond acceptors (Lipinski definition) is 5. The molecule has 2 heterocycles. The number of aryl methyl sites for hydroxylation is 2. The number of thiazole rings is 2. The van der Waals surface area contributed by atoms with E-state index in [1.165, 1.54) is 20.4 Å². The van der Waals surface area contributed by atoms with Gasteiger partial charge in [0.1, 0.15) is 0 Å². The number of fused-ring (bicyclic) bond motifs is 2. The molecule has 25 heavy (non-hydrogen) atoms. The van der Waals surface area contributed by atoms with Crippen LogP contribution >= 0.6 is 58.9 Å². The van der Waals surface area contributed by atoms with Crippen molar-refractivity contribution < 1.29 is 0 Å². The molecule has 0 N–H and O–H groups in total. The van der Waals surface area contributed by atoms with E-state index in [0.29, 0.717) is 0 Å². The first-order chi connectivity index (χ1) is 12.2. The number of nitrogens with zero attached hydrogens (tertiary/aromatic N) is 2. The zero-order valence-corrected chi connectivity index (χ0v) is 17.5. The molecule has 0 saturated carbocycles. The lowest BCUT2D eigenvalue weighted by Crippen LogP contribution is -2.04. The summed E-state index contributed by atoms with van der Waals surface area (Å²) in [5.74, 6) is 2.12. The van der Waals surface area contributed by atoms with Crippen molar-refractivity contribution in [3.8, 4) is 0 Å². The first-order valence-corrected chi connectivity index (χ1v) is 11.6. The Bertz CT molecular complexity index is 1040. The fourth-order valence-electron chi connectivity index (χ4n) is 2.87. The van der Waals surface area contributed by atoms with Crippen molar-refractivity contribution >= 4 is 79.3 Å². The van der Waals surface area contributed by atoms with Gasteiger partial charge in [0.15, 0.2) is 7.91 Å². The van der Waals surface area contributed by atoms with Gasteiger partial charge in [-0.3, -0.25) is 0 Å². The maximum atomic E-state index is 5.52. The second-order valence-corrected chi connectivity index (χ2v) is 10.2. The van der Waals surface area contributed by atoms with E-state index in [1.807, 2.05) is 11.8 Å². The van der Waals surface area contributed by atoms with E-state index in [0.717, 1.165) is 32.5 Å². The zero-order valence-electron chi connectivity index (χ0n) is 13.4. The summed E-state index contributed by atoms with van der Waals surface area (Å²) < 4.78 is 8.99. The van der Waals surface area contributed by atoms with Crippen LogP contribution in [0.1, 0.15) is 0 Å². The number of para-hydroxylation sites is 2. The molecule has 2 aromatic carbocycles. The van der Waals surface area contributed by atoms with Gasteiger partial charge < -0.3 is 9.13 Å². The number of thioether (sulfide) groups is 1. The predicted molar refractivity (Wildman–Crippen MR) is 119 cm³/mol. The molecule has 0 bridgehead atoms. The molecule has 0 fully saturated rings. The van der Waals surface area contributed by atoms with Gasteiger partial charge in [-0.2, -0.15) is 11.8 Å². The van der Waals surface area contributed by atoms with Gasteiger partial charge in [-0.15, -0.1) is 22.7 Å². The second-order valence-electron chi connectivity index (χ2n) is 5.59. The summed E-state index contributed by atoms with van der Waals surface area (Å²) in [6.07, 6.45) is 0. The normalized spacial score (nSPS) is 11.5. The molecular formula is C18H16N2S5. The molecule has 7 heteroatoms. The number of benzene rings is 2. The topological polar surface area (TPSA) is 9.86 Å². The molecule has 4 rings (SSSR count). The number of aromatic nitrogens is 2. The molecule has 0 saturated heterocycles. The molecule has 0 spiro atoms. The Kier molecular flexibility index (Phi) is 5.38. The fourth-order valence-corrected chi connectivity index (χ4v) is 6.45. The quantitative estimate of drug-likeness (QED) is 0.257. The van der Waals surface area contributed by atoms with Crippen LogP contribution in [0.4, 0.5) is 0 Å². The van der Waals surface area contributed by atoms with Crippen LogP contribution in [0.2, 0.25) is 0 Å². The van der Waals surface area contributed by atoms with Gasteiger partial charge >= 0.3 is 0 Å². The molecule has 0 aliphatic rings. The molecule has 2 aromatic heterocycles. The number of rotatable bonds is 6. The van der Waals surface area contributed by atoms with Crippen LogP contribution in [0, 0.1) is 7.91 Å². The minimum absolute atomic E-state index is 0.962. The highest BCUT2D eigenvalue weighted by Crippen LogP contribution is 2.24. The van der Waals surface area contributed by atoms with Crippen molar-refractivity contribution in [2.75, 3.05) is 11.5 Å². The summed E-state index contributed by atoms with van der Waals surface area (Å²) in [7, 11) is 0. The summed E-state index contributed by atoms with van der Waals surface area (Å²) >= 11 is 16.4. The Morgan fingerprint density at radius 1 is 0.720 bits per heavy atom. The summed E-state index contributed by atoms with van der Waals surface area (Å²) in [5, 5.41) is 0. The molecule has 0 aliphatic heterocycles. The Labute approximate surface area is 168 Å². The van der Waals surface area contributed by atoms with E-state index in [-0.39, 0.29) is 0 Å². The molecule has 0 unspecified atom stereocenters. The van der Waals surface area contributed by atoms with Crippen LogP contribution in [-0.2, 0) is 13.1 Å². The van der Waals surface area contributed by atoms with Gasteiger partial charge in [0.05, 0.1) is 20.4 Å². The highest BCUT2D eigenvalue weighted by Gasteiger charge is 2.06. The van der Waals surface area contributed by atoms with E-state index in [4.69, 9.17) is 24.4 Å². The molecule has 0 amide bonds. The Balaban J connectivity index is 1.38. The maximum absolute atomic E-state index is 5.52. The van der Waals surface area contributed by atoms with Gasteiger partial charge in [-0.1, -0.05) is 24.3 Å². The first kappa shape index (κ1) is 17.4. The molecule has 0 radical (unpaired) electrons. The van der Waals surface area contributed by atoms with Crippen molar-refractivity contribution in [2.45, 2.75) is 13.1 Å². The van der Waals surface area contributed by atoms with Crippen LogP contribution in [0.3, 0.4) is 0 Å². The standard InChI is InChI=1S/C18H16N2S5/c21-17-19(13-5-1-3-7-15(13)24-17)9-11-23-12-10-20-14-6-2-4-8-16(14)25-18(20)22/h1-8H,9-12H2. The highest BCUT2D eigenvalue weighted by atomic mass is 32.2. The van der Waals surface area contributed by atoms with Gasteiger partial charge in [0.25, 0.3) is 0 Å². The maximum Gasteiger partial charge on any atom is 0.162 e. The molecule has 2 nitrogen and oxygen atoms in total. The molecular weight excluding hydrogens is 405 g/mol. The third kappa shape index (κ3) is 3.61. The van der Waals surface area contributed by atoms with Crippen molar-refractivity contribution in [1.82, 2.24) is 9.13 Å². The van der Waals surface area contributed by atoms with Crippen molar-refractivity contribution in [3.05, 3.63) is 56.4 Å². The van der Waals surface area contributed by atoms with E-state index < -0.39 is 0 Å². The van der Waals surface area contributed by atoms with E-state index in [9.17, 15) is 0 Å². The lowest BCUT2D eigenvalue weighted by Gasteiger charge is -2.07. The second kappa shape index (κ2) is 7.72. The van der Waals surface area contributed by atoms with Crippen molar-refractivity contribution in [3.63, 3.8) is 0 Å². The Morgan fingerprint density at radius 2 is 1.16 bits per heavy atom. The van der Waals surface area contributed by atoms with Crippen LogP contribution in [0.5, 0.6) is 0 Å². The summed E-state index contributed by atoms with van der Waals surface area (Å²) in [6, 6.07) is 16.9. The predicted octanol–water partition coefficient (Wildman–Crippen LogP) is 6.61. The lowest BCUT2D eigenvalue weighted by molar-refractivity contribution is 0.788. The minimum Gasteiger partial charge on any atom is -0.322 e. The van der Waals surface area contributed by atoms with Crippen LogP contribution in [0.25, 0.3) is 20.4 Å². The Hall–Kier alpha value is -0.990. The monoisotopic (exact) mass is 420 g/mol. The average molecular weight is 421 g/mol. The lowest BCUT2D eigenvalue weighted by atomic mass is 10.3. The summed E-state index contributed by atoms with van der Waals surface area (Å²) in [6.45, 7) is 1.92. The van der Waals surface area contributed by atoms with Gasteiger partial charge in [-0.25, -0.2) is 0 Å². The average Bonchev–Trinajstić information content (AvgIpc) is 3.11. The van der Waals surface area contributed by atoms with Crippen LogP contribution < -0.4 is 0 Å². The zero-order chi connectivity index (χ0) is 17.2. The fraction of sp³-hybridized carbons (Fsp3) is 0.222. The summed E-state index contributed by atoms with van der Waals surface area (Å²) in [4.78, 5) is 0. The molecule has 0 aliphatic carbocycles. The smallest absolute Gasteiger partial charge is 0.162 e. The Morgan fingerprint density at radius 3 is 1.64 bits per heavy atom. The summed E-state index contributed by atoms with van der Waals surface area (Å²) in [5.41, 5.74) is 2.51. The van der Waals surface area contributed by atoms with E-state index in [1.54, 1.807) is 22.7 Å². The van der Waals surface area contributed by atoms with Gasteiger partial charge in [0, 0.05) is 24.6 Å². The molecule has 4 aromatic rings. The SMILES string of the molecule is S=c1sc2ccccc2n1CCSCCn1c(=S)sc2ccccc21. The third-order valence-corrected chi connectivity index (χ3v) is 7.87. The van der Waals surface area contributed by atoms with Crippen LogP contribution in [-0.4, -0.2) is 20.6 Å². The van der Waals surface area contributed by atoms with E-state index in [2.05, 4.69) is 57.7 Å². The third-order valence-electron chi connectivity index (χ3n) is 4.07. The highest BCUT2D eigenvalue weighted by molar-refractivity contribution is 7.99. The molecule has 128 valence electrons. The minimum atomic E-state index is 0.962. The van der Waals surface area contributed by atoms with Crippen molar-refractivity contribution in [1.29, 1.82) is 0 Å². The largest absolute Gasteiger partial charge is 0.322 e. The van der Waals surface area contributed by atoms with E-state index >= 15 is 0 Å². The van der Waals surface area contributed by atoms with Crippen molar-refractivity contribution in [2.24, 2.45) is 0 Å².